The van der Waals surface area contributed by atoms with Gasteiger partial charge in [-0.2, -0.15) is 0 Å². The van der Waals surface area contributed by atoms with Gasteiger partial charge in [-0.25, -0.2) is 5.06 Å². The summed E-state index contributed by atoms with van der Waals surface area (Å²) in [5.41, 5.74) is 2.94. The van der Waals surface area contributed by atoms with Gasteiger partial charge >= 0.3 is 0 Å². The summed E-state index contributed by atoms with van der Waals surface area (Å²) in [4.78, 5) is 0. The lowest BCUT2D eigenvalue weighted by Gasteiger charge is -2.26. The lowest BCUT2D eigenvalue weighted by atomic mass is 10.0. The minimum absolute atomic E-state index is 0.229. The van der Waals surface area contributed by atoms with E-state index in [0.29, 0.717) is 6.42 Å². The zero-order valence-corrected chi connectivity index (χ0v) is 11.0. The van der Waals surface area contributed by atoms with Crippen LogP contribution in [-0.4, -0.2) is 5.21 Å². The lowest BCUT2D eigenvalue weighted by molar-refractivity contribution is 0.217. The smallest absolute Gasteiger partial charge is 0.0921 e. The van der Waals surface area contributed by atoms with Crippen LogP contribution in [0.5, 0.6) is 0 Å². The van der Waals surface area contributed by atoms with Crippen molar-refractivity contribution in [1.29, 1.82) is 0 Å². The third kappa shape index (κ3) is 3.15. The number of hydrogen-bond donors (Lipinski definition) is 1. The van der Waals surface area contributed by atoms with E-state index in [0.717, 1.165) is 11.3 Å². The largest absolute Gasteiger partial charge is 0.288 e. The quantitative estimate of drug-likeness (QED) is 0.657. The Kier molecular flexibility index (Phi) is 4.22. The molecule has 0 aliphatic rings. The first kappa shape index (κ1) is 13.2. The molecular weight excluding hydrogens is 234 g/mol. The minimum atomic E-state index is -0.229. The van der Waals surface area contributed by atoms with Crippen LogP contribution in [0, 0.1) is 19.3 Å². The molecule has 1 atom stereocenters. The average Bonchev–Trinajstić information content (AvgIpc) is 2.46. The SMILES string of the molecule is C#CCC(c1ccc(C)cc1)N(O)c1ccccc1. The molecule has 2 nitrogen and oxygen atoms in total. The van der Waals surface area contributed by atoms with Gasteiger partial charge in [-0.3, -0.25) is 5.21 Å². The fourth-order valence-electron chi connectivity index (χ4n) is 2.01. The molecule has 2 heteroatoms. The van der Waals surface area contributed by atoms with E-state index in [1.54, 1.807) is 0 Å². The number of benzene rings is 2. The van der Waals surface area contributed by atoms with Gasteiger partial charge in [0, 0.05) is 6.42 Å². The summed E-state index contributed by atoms with van der Waals surface area (Å²) in [6, 6.07) is 17.2. The molecule has 0 fully saturated rings. The Hall–Kier alpha value is -2.24. The predicted octanol–water partition coefficient (Wildman–Crippen LogP) is 3.96. The maximum atomic E-state index is 10.4. The van der Waals surface area contributed by atoms with Gasteiger partial charge in [0.1, 0.15) is 0 Å². The van der Waals surface area contributed by atoms with Crippen molar-refractivity contribution in [2.75, 3.05) is 5.06 Å². The molecule has 0 saturated carbocycles. The van der Waals surface area contributed by atoms with Crippen LogP contribution >= 0.6 is 0 Å². The third-order valence-corrected chi connectivity index (χ3v) is 3.09. The third-order valence-electron chi connectivity index (χ3n) is 3.09. The molecule has 1 unspecified atom stereocenters. The van der Waals surface area contributed by atoms with E-state index in [9.17, 15) is 5.21 Å². The number of para-hydroxylation sites is 1. The van der Waals surface area contributed by atoms with Crippen LogP contribution in [0.4, 0.5) is 5.69 Å². The predicted molar refractivity (Wildman–Crippen MR) is 78.1 cm³/mol. The topological polar surface area (TPSA) is 23.5 Å². The summed E-state index contributed by atoms with van der Waals surface area (Å²) < 4.78 is 0. The molecule has 19 heavy (non-hydrogen) atoms. The molecule has 96 valence electrons. The zero-order chi connectivity index (χ0) is 13.7. The van der Waals surface area contributed by atoms with Crippen LogP contribution in [0.3, 0.4) is 0 Å². The first-order valence-electron chi connectivity index (χ1n) is 6.25. The Morgan fingerprint density at radius 3 is 2.32 bits per heavy atom. The summed E-state index contributed by atoms with van der Waals surface area (Å²) in [5.74, 6) is 2.63. The molecule has 0 amide bonds. The van der Waals surface area contributed by atoms with Crippen LogP contribution in [0.15, 0.2) is 54.6 Å². The monoisotopic (exact) mass is 251 g/mol. The van der Waals surface area contributed by atoms with Crippen LogP contribution in [0.2, 0.25) is 0 Å². The second-order valence-electron chi connectivity index (χ2n) is 4.51. The Morgan fingerprint density at radius 2 is 1.74 bits per heavy atom. The molecule has 0 radical (unpaired) electrons. The summed E-state index contributed by atoms with van der Waals surface area (Å²) in [5, 5.41) is 11.6. The van der Waals surface area contributed by atoms with Crippen LogP contribution in [-0.2, 0) is 0 Å². The number of hydroxylamine groups is 1. The van der Waals surface area contributed by atoms with Crippen molar-refractivity contribution in [3.63, 3.8) is 0 Å². The van der Waals surface area contributed by atoms with Gasteiger partial charge in [-0.1, -0.05) is 48.0 Å². The van der Waals surface area contributed by atoms with Gasteiger partial charge in [0.2, 0.25) is 0 Å². The molecule has 2 aromatic rings. The van der Waals surface area contributed by atoms with Crippen LogP contribution < -0.4 is 5.06 Å². The van der Waals surface area contributed by atoms with Crippen molar-refractivity contribution in [2.24, 2.45) is 0 Å². The van der Waals surface area contributed by atoms with Gasteiger partial charge < -0.3 is 0 Å². The molecule has 0 heterocycles. The molecule has 0 aliphatic carbocycles. The van der Waals surface area contributed by atoms with E-state index < -0.39 is 0 Å². The first-order valence-corrected chi connectivity index (χ1v) is 6.25. The van der Waals surface area contributed by atoms with Gasteiger partial charge in [0.15, 0.2) is 0 Å². The zero-order valence-electron chi connectivity index (χ0n) is 11.0. The van der Waals surface area contributed by atoms with Crippen molar-refractivity contribution >= 4 is 5.69 Å². The van der Waals surface area contributed by atoms with E-state index in [1.807, 2.05) is 61.5 Å². The summed E-state index contributed by atoms with van der Waals surface area (Å²) in [7, 11) is 0. The second kappa shape index (κ2) is 6.08. The molecular formula is C17H17NO. The maximum absolute atomic E-state index is 10.4. The van der Waals surface area contributed by atoms with Gasteiger partial charge in [0.25, 0.3) is 0 Å². The molecule has 0 aliphatic heterocycles. The molecule has 0 aromatic heterocycles. The van der Waals surface area contributed by atoms with E-state index in [1.165, 1.54) is 10.6 Å². The number of hydrogen-bond acceptors (Lipinski definition) is 2. The molecule has 0 bridgehead atoms. The standard InChI is InChI=1S/C17H17NO/c1-3-7-17(15-12-10-14(2)11-13-15)18(19)16-8-5-4-6-9-16/h1,4-6,8-13,17,19H,7H2,2H3. The number of rotatable bonds is 4. The fraction of sp³-hybridized carbons (Fsp3) is 0.176. The van der Waals surface area contributed by atoms with Gasteiger partial charge in [-0.15, -0.1) is 12.3 Å². The highest BCUT2D eigenvalue weighted by Gasteiger charge is 2.18. The van der Waals surface area contributed by atoms with Crippen LogP contribution in [0.1, 0.15) is 23.6 Å². The Balaban J connectivity index is 2.30. The molecule has 0 saturated heterocycles. The van der Waals surface area contributed by atoms with Crippen LogP contribution in [0.25, 0.3) is 0 Å². The van der Waals surface area contributed by atoms with Crippen molar-refractivity contribution < 1.29 is 5.21 Å². The first-order chi connectivity index (χ1) is 9.22. The minimum Gasteiger partial charge on any atom is -0.288 e. The van der Waals surface area contributed by atoms with Gasteiger partial charge in [-0.05, 0) is 24.6 Å². The normalized spacial score (nSPS) is 11.6. The fourth-order valence-corrected chi connectivity index (χ4v) is 2.01. The lowest BCUT2D eigenvalue weighted by Crippen LogP contribution is -2.24. The highest BCUT2D eigenvalue weighted by atomic mass is 16.5. The molecule has 0 spiro atoms. The number of aryl methyl sites for hydroxylation is 1. The summed E-state index contributed by atoms with van der Waals surface area (Å²) >= 11 is 0. The number of nitrogens with zero attached hydrogens (tertiary/aromatic N) is 1. The Bertz CT molecular complexity index is 554. The highest BCUT2D eigenvalue weighted by molar-refractivity contribution is 5.46. The van der Waals surface area contributed by atoms with E-state index in [-0.39, 0.29) is 6.04 Å². The molecule has 2 aromatic carbocycles. The molecule has 1 N–H and O–H groups in total. The number of anilines is 1. The Labute approximate surface area is 114 Å². The highest BCUT2D eigenvalue weighted by Crippen LogP contribution is 2.27. The molecule has 2 rings (SSSR count). The second-order valence-corrected chi connectivity index (χ2v) is 4.51. The summed E-state index contributed by atoms with van der Waals surface area (Å²) in [6.45, 7) is 2.04. The van der Waals surface area contributed by atoms with E-state index in [4.69, 9.17) is 6.42 Å². The average molecular weight is 251 g/mol. The Morgan fingerprint density at radius 1 is 1.11 bits per heavy atom. The van der Waals surface area contributed by atoms with E-state index in [2.05, 4.69) is 5.92 Å². The number of terminal acetylenes is 1. The maximum Gasteiger partial charge on any atom is 0.0921 e. The van der Waals surface area contributed by atoms with Crippen molar-refractivity contribution in [2.45, 2.75) is 19.4 Å². The van der Waals surface area contributed by atoms with Crippen molar-refractivity contribution in [3.05, 3.63) is 65.7 Å². The summed E-state index contributed by atoms with van der Waals surface area (Å²) in [6.07, 6.45) is 5.88. The van der Waals surface area contributed by atoms with Crippen molar-refractivity contribution in [1.82, 2.24) is 0 Å². The van der Waals surface area contributed by atoms with Crippen molar-refractivity contribution in [3.8, 4) is 12.3 Å². The van der Waals surface area contributed by atoms with Gasteiger partial charge in [0.05, 0.1) is 11.7 Å². The van der Waals surface area contributed by atoms with E-state index >= 15 is 0 Å².